The molecule has 1 aromatic heterocycles. The SMILES string of the molecule is COc1ccc(N[C@H]2CCN(C(=O)O)C2)c2cccnc12. The van der Waals surface area contributed by atoms with Gasteiger partial charge < -0.3 is 20.1 Å². The van der Waals surface area contributed by atoms with E-state index in [2.05, 4.69) is 10.3 Å². The molecule has 0 spiro atoms. The molecule has 1 amide bonds. The van der Waals surface area contributed by atoms with Crippen LogP contribution in [0.4, 0.5) is 10.5 Å². The Kier molecular flexibility index (Phi) is 3.51. The average molecular weight is 287 g/mol. The molecule has 3 rings (SSSR count). The lowest BCUT2D eigenvalue weighted by Gasteiger charge is -2.17. The lowest BCUT2D eigenvalue weighted by Crippen LogP contribution is -2.30. The van der Waals surface area contributed by atoms with Gasteiger partial charge in [0.05, 0.1) is 7.11 Å². The lowest BCUT2D eigenvalue weighted by molar-refractivity contribution is 0.155. The third-order valence-electron chi connectivity index (χ3n) is 3.77. The number of fused-ring (bicyclic) bond motifs is 1. The molecule has 2 N–H and O–H groups in total. The Hall–Kier alpha value is -2.50. The van der Waals surface area contributed by atoms with E-state index >= 15 is 0 Å². The molecule has 0 unspecified atom stereocenters. The fourth-order valence-electron chi connectivity index (χ4n) is 2.71. The number of amides is 1. The van der Waals surface area contributed by atoms with Gasteiger partial charge in [0.15, 0.2) is 0 Å². The summed E-state index contributed by atoms with van der Waals surface area (Å²) in [6, 6.07) is 7.81. The number of rotatable bonds is 3. The van der Waals surface area contributed by atoms with Crippen molar-refractivity contribution in [1.82, 2.24) is 9.88 Å². The Morgan fingerprint density at radius 2 is 2.33 bits per heavy atom. The van der Waals surface area contributed by atoms with Crippen LogP contribution in [0.3, 0.4) is 0 Å². The van der Waals surface area contributed by atoms with Crippen LogP contribution in [0.5, 0.6) is 5.75 Å². The molecule has 21 heavy (non-hydrogen) atoms. The van der Waals surface area contributed by atoms with Gasteiger partial charge in [0.2, 0.25) is 0 Å². The smallest absolute Gasteiger partial charge is 0.407 e. The molecule has 1 fully saturated rings. The van der Waals surface area contributed by atoms with Crippen molar-refractivity contribution < 1.29 is 14.6 Å². The zero-order valence-corrected chi connectivity index (χ0v) is 11.7. The second kappa shape index (κ2) is 5.47. The van der Waals surface area contributed by atoms with Crippen molar-refractivity contribution in [2.75, 3.05) is 25.5 Å². The Morgan fingerprint density at radius 3 is 3.05 bits per heavy atom. The van der Waals surface area contributed by atoms with Crippen molar-refractivity contribution in [3.63, 3.8) is 0 Å². The Balaban J connectivity index is 1.87. The minimum Gasteiger partial charge on any atom is -0.494 e. The van der Waals surface area contributed by atoms with Crippen LogP contribution in [0, 0.1) is 0 Å². The van der Waals surface area contributed by atoms with E-state index in [4.69, 9.17) is 9.84 Å². The van der Waals surface area contributed by atoms with E-state index < -0.39 is 6.09 Å². The first-order chi connectivity index (χ1) is 10.2. The third kappa shape index (κ3) is 2.56. The number of carbonyl (C=O) groups is 1. The number of carboxylic acid groups (broad SMARTS) is 1. The van der Waals surface area contributed by atoms with Crippen molar-refractivity contribution in [3.05, 3.63) is 30.5 Å². The van der Waals surface area contributed by atoms with Gasteiger partial charge in [-0.25, -0.2) is 4.79 Å². The third-order valence-corrected chi connectivity index (χ3v) is 3.77. The van der Waals surface area contributed by atoms with E-state index in [1.807, 2.05) is 24.3 Å². The molecule has 1 aliphatic rings. The van der Waals surface area contributed by atoms with Gasteiger partial charge in [-0.15, -0.1) is 0 Å². The van der Waals surface area contributed by atoms with Gasteiger partial charge in [-0.1, -0.05) is 0 Å². The van der Waals surface area contributed by atoms with Crippen molar-refractivity contribution >= 4 is 22.7 Å². The number of nitrogens with zero attached hydrogens (tertiary/aromatic N) is 2. The largest absolute Gasteiger partial charge is 0.494 e. The number of ether oxygens (including phenoxy) is 1. The van der Waals surface area contributed by atoms with Crippen molar-refractivity contribution in [3.8, 4) is 5.75 Å². The Bertz CT molecular complexity index is 674. The molecule has 1 saturated heterocycles. The maximum Gasteiger partial charge on any atom is 0.407 e. The molecule has 0 aliphatic carbocycles. The first-order valence-corrected chi connectivity index (χ1v) is 6.85. The monoisotopic (exact) mass is 287 g/mol. The summed E-state index contributed by atoms with van der Waals surface area (Å²) >= 11 is 0. The molecule has 1 atom stereocenters. The highest BCUT2D eigenvalue weighted by Gasteiger charge is 2.26. The molecule has 0 radical (unpaired) electrons. The number of likely N-dealkylation sites (tertiary alicyclic amines) is 1. The zero-order valence-electron chi connectivity index (χ0n) is 11.7. The highest BCUT2D eigenvalue weighted by atomic mass is 16.5. The van der Waals surface area contributed by atoms with E-state index in [9.17, 15) is 4.79 Å². The summed E-state index contributed by atoms with van der Waals surface area (Å²) in [7, 11) is 1.62. The number of anilines is 1. The van der Waals surface area contributed by atoms with Crippen LogP contribution in [0.15, 0.2) is 30.5 Å². The van der Waals surface area contributed by atoms with Crippen LogP contribution < -0.4 is 10.1 Å². The number of methoxy groups -OCH3 is 1. The summed E-state index contributed by atoms with van der Waals surface area (Å²) in [5, 5.41) is 13.4. The summed E-state index contributed by atoms with van der Waals surface area (Å²) in [6.45, 7) is 1.07. The molecule has 110 valence electrons. The molecule has 2 aromatic rings. The molecule has 6 nitrogen and oxygen atoms in total. The van der Waals surface area contributed by atoms with Gasteiger partial charge in [-0.3, -0.25) is 4.98 Å². The first kappa shape index (κ1) is 13.5. The topological polar surface area (TPSA) is 74.7 Å². The van der Waals surface area contributed by atoms with E-state index in [0.29, 0.717) is 13.1 Å². The van der Waals surface area contributed by atoms with Gasteiger partial charge in [0.25, 0.3) is 0 Å². The second-order valence-electron chi connectivity index (χ2n) is 5.07. The van der Waals surface area contributed by atoms with Crippen LogP contribution >= 0.6 is 0 Å². The minimum atomic E-state index is -0.861. The van der Waals surface area contributed by atoms with E-state index in [0.717, 1.165) is 28.8 Å². The summed E-state index contributed by atoms with van der Waals surface area (Å²) in [5.41, 5.74) is 1.76. The molecular formula is C15H17N3O3. The molecule has 0 bridgehead atoms. The number of aromatic nitrogens is 1. The van der Waals surface area contributed by atoms with Gasteiger partial charge in [-0.05, 0) is 30.7 Å². The predicted molar refractivity (Wildman–Crippen MR) is 79.9 cm³/mol. The van der Waals surface area contributed by atoms with Gasteiger partial charge in [0, 0.05) is 36.4 Å². The van der Waals surface area contributed by atoms with Crippen molar-refractivity contribution in [2.45, 2.75) is 12.5 Å². The summed E-state index contributed by atoms with van der Waals surface area (Å²) in [6.07, 6.45) is 1.68. The fourth-order valence-corrected chi connectivity index (χ4v) is 2.71. The summed E-state index contributed by atoms with van der Waals surface area (Å²) < 4.78 is 5.32. The molecule has 1 aromatic carbocycles. The normalized spacial score (nSPS) is 18.0. The van der Waals surface area contributed by atoms with Crippen LogP contribution in [-0.2, 0) is 0 Å². The Morgan fingerprint density at radius 1 is 1.48 bits per heavy atom. The Labute approximate surface area is 122 Å². The highest BCUT2D eigenvalue weighted by molar-refractivity contribution is 5.95. The van der Waals surface area contributed by atoms with Gasteiger partial charge in [0.1, 0.15) is 11.3 Å². The van der Waals surface area contributed by atoms with Crippen LogP contribution in [0.25, 0.3) is 10.9 Å². The van der Waals surface area contributed by atoms with E-state index in [1.54, 1.807) is 13.3 Å². The quantitative estimate of drug-likeness (QED) is 0.906. The first-order valence-electron chi connectivity index (χ1n) is 6.85. The molecule has 0 saturated carbocycles. The molecular weight excluding hydrogens is 270 g/mol. The molecule has 6 heteroatoms. The minimum absolute atomic E-state index is 0.123. The summed E-state index contributed by atoms with van der Waals surface area (Å²) in [5.74, 6) is 0.731. The number of hydrogen-bond acceptors (Lipinski definition) is 4. The molecule has 1 aliphatic heterocycles. The van der Waals surface area contributed by atoms with Gasteiger partial charge >= 0.3 is 6.09 Å². The maximum absolute atomic E-state index is 11.0. The van der Waals surface area contributed by atoms with E-state index in [-0.39, 0.29) is 6.04 Å². The average Bonchev–Trinajstić information content (AvgIpc) is 2.96. The number of benzene rings is 1. The van der Waals surface area contributed by atoms with Crippen molar-refractivity contribution in [2.24, 2.45) is 0 Å². The zero-order chi connectivity index (χ0) is 14.8. The number of hydrogen-bond donors (Lipinski definition) is 2. The standard InChI is InChI=1S/C15H17N3O3/c1-21-13-5-4-12(11-3-2-7-16-14(11)13)17-10-6-8-18(9-10)15(19)20/h2-5,7,10,17H,6,8-9H2,1H3,(H,19,20)/t10-/m0/s1. The van der Waals surface area contributed by atoms with Crippen molar-refractivity contribution in [1.29, 1.82) is 0 Å². The lowest BCUT2D eigenvalue weighted by atomic mass is 10.1. The predicted octanol–water partition coefficient (Wildman–Crippen LogP) is 2.41. The van der Waals surface area contributed by atoms with Crippen LogP contribution in [-0.4, -0.2) is 47.3 Å². The second-order valence-corrected chi connectivity index (χ2v) is 5.07. The van der Waals surface area contributed by atoms with E-state index in [1.165, 1.54) is 4.90 Å². The summed E-state index contributed by atoms with van der Waals surface area (Å²) in [4.78, 5) is 16.8. The maximum atomic E-state index is 11.0. The number of pyridine rings is 1. The van der Waals surface area contributed by atoms with Crippen LogP contribution in [0.1, 0.15) is 6.42 Å². The number of nitrogens with one attached hydrogen (secondary N) is 1. The molecule has 2 heterocycles. The van der Waals surface area contributed by atoms with Crippen LogP contribution in [0.2, 0.25) is 0 Å². The fraction of sp³-hybridized carbons (Fsp3) is 0.333. The highest BCUT2D eigenvalue weighted by Crippen LogP contribution is 2.30. The van der Waals surface area contributed by atoms with Gasteiger partial charge in [-0.2, -0.15) is 0 Å².